The Balaban J connectivity index is 1.74. The van der Waals surface area contributed by atoms with E-state index >= 15 is 0 Å². The number of halogens is 2. The lowest BCUT2D eigenvalue weighted by Crippen LogP contribution is -2.35. The summed E-state index contributed by atoms with van der Waals surface area (Å²) in [4.78, 5) is 21.1. The Kier molecular flexibility index (Phi) is 10.2. The monoisotopic (exact) mass is 571 g/mol. The highest BCUT2D eigenvalue weighted by Crippen LogP contribution is 2.42. The number of hydrogen-bond donors (Lipinski definition) is 4. The number of fused-ring (bicyclic) bond motifs is 1. The molecule has 1 amide bonds. The van der Waals surface area contributed by atoms with Crippen LogP contribution in [0.4, 0.5) is 4.53 Å². The van der Waals surface area contributed by atoms with Crippen molar-refractivity contribution in [3.63, 3.8) is 0 Å². The lowest BCUT2D eigenvalue weighted by molar-refractivity contribution is -0.198. The van der Waals surface area contributed by atoms with Gasteiger partial charge in [0, 0.05) is 35.9 Å². The van der Waals surface area contributed by atoms with Crippen LogP contribution in [-0.4, -0.2) is 48.7 Å². The summed E-state index contributed by atoms with van der Waals surface area (Å²) in [5, 5.41) is 11.5. The van der Waals surface area contributed by atoms with Crippen LogP contribution in [0.2, 0.25) is 0 Å². The van der Waals surface area contributed by atoms with E-state index in [9.17, 15) is 9.32 Å². The van der Waals surface area contributed by atoms with Crippen molar-refractivity contribution >= 4 is 52.3 Å². The fourth-order valence-electron chi connectivity index (χ4n) is 3.30. The summed E-state index contributed by atoms with van der Waals surface area (Å²) in [5.41, 5.74) is 7.16. The van der Waals surface area contributed by atoms with Crippen LogP contribution in [0.1, 0.15) is 19.3 Å². The number of hydroxylamine groups is 1. The van der Waals surface area contributed by atoms with Crippen LogP contribution in [0.3, 0.4) is 0 Å². The topological polar surface area (TPSA) is 137 Å². The molecule has 0 unspecified atom stereocenters. The number of nitrogens with zero attached hydrogens (tertiary/aromatic N) is 3. The van der Waals surface area contributed by atoms with Crippen LogP contribution in [0.5, 0.6) is 11.5 Å². The number of aliphatic imine (C=N–C) groups is 1. The molecule has 0 atom stereocenters. The summed E-state index contributed by atoms with van der Waals surface area (Å²) < 4.78 is 25.4. The van der Waals surface area contributed by atoms with Gasteiger partial charge in [-0.2, -0.15) is 5.48 Å². The van der Waals surface area contributed by atoms with Crippen LogP contribution in [-0.2, 0) is 16.4 Å². The molecule has 0 radical (unpaired) electrons. The van der Waals surface area contributed by atoms with E-state index in [-0.39, 0.29) is 13.2 Å². The Bertz CT molecular complexity index is 1180. The minimum atomic E-state index is -0.492. The lowest BCUT2D eigenvalue weighted by Gasteiger charge is -2.10. The molecule has 0 saturated carbocycles. The highest BCUT2D eigenvalue weighted by Gasteiger charge is 2.19. The van der Waals surface area contributed by atoms with Gasteiger partial charge in [-0.3, -0.25) is 4.79 Å². The van der Waals surface area contributed by atoms with Crippen molar-refractivity contribution in [2.45, 2.75) is 35.9 Å². The normalized spacial score (nSPS) is 13.3. The van der Waals surface area contributed by atoms with Gasteiger partial charge in [0.05, 0.1) is 11.7 Å². The number of imidazole rings is 1. The Labute approximate surface area is 214 Å². The fourth-order valence-corrected chi connectivity index (χ4v) is 4.83. The third kappa shape index (κ3) is 7.10. The molecule has 5 N–H and O–H groups in total. The zero-order chi connectivity index (χ0) is 25.2. The van der Waals surface area contributed by atoms with Crippen molar-refractivity contribution < 1.29 is 23.8 Å². The van der Waals surface area contributed by atoms with Gasteiger partial charge in [0.1, 0.15) is 5.35 Å². The van der Waals surface area contributed by atoms with Crippen molar-refractivity contribution in [3.05, 3.63) is 27.3 Å². The van der Waals surface area contributed by atoms with Gasteiger partial charge >= 0.3 is 0 Å². The molecule has 1 aromatic carbocycles. The van der Waals surface area contributed by atoms with E-state index in [4.69, 9.17) is 20.2 Å². The minimum absolute atomic E-state index is 0.189. The van der Waals surface area contributed by atoms with Gasteiger partial charge in [-0.25, -0.2) is 9.98 Å². The second kappa shape index (κ2) is 13.3. The van der Waals surface area contributed by atoms with Gasteiger partial charge in [-0.15, -0.1) is 0 Å². The molecule has 11 nitrogen and oxygen atoms in total. The Morgan fingerprint density at radius 3 is 2.89 bits per heavy atom. The maximum absolute atomic E-state index is 11.6. The van der Waals surface area contributed by atoms with Gasteiger partial charge in [0.2, 0.25) is 12.7 Å². The van der Waals surface area contributed by atoms with Crippen molar-refractivity contribution in [1.82, 2.24) is 25.7 Å². The number of rotatable bonds is 13. The lowest BCUT2D eigenvalue weighted by atomic mass is 10.2. The number of unbranched alkanes of at least 4 members (excludes halogenated alkanes) is 1. The predicted molar refractivity (Wildman–Crippen MR) is 134 cm³/mol. The van der Waals surface area contributed by atoms with E-state index in [0.717, 1.165) is 15.8 Å². The quantitative estimate of drug-likeness (QED) is 0.119. The molecular formula is C21H27BrFN7O4S. The standard InChI is InChI=1S/C21H27BrFN7O4S/c1-13-19(20(25-2)27-11-24)28-21(35-17-10-16-15(9-14(17)22)32-12-33-16)30(13)8-7-26-6-4-3-5-18(31)29-34-23/h9-11,25-26H,1,3-8,12H2,2H3,(H2,24,27)(H,29,31)/b20-19+. The highest BCUT2D eigenvalue weighted by atomic mass is 79.9. The second-order valence-electron chi connectivity index (χ2n) is 7.27. The van der Waals surface area contributed by atoms with Crippen LogP contribution in [0.15, 0.2) is 31.6 Å². The molecule has 1 aliphatic rings. The minimum Gasteiger partial charge on any atom is -0.454 e. The second-order valence-corrected chi connectivity index (χ2v) is 9.13. The Hall–Kier alpha value is -2.81. The summed E-state index contributed by atoms with van der Waals surface area (Å²) >= 11 is 5.05. The molecule has 0 fully saturated rings. The number of carbonyl (C=O) groups is 1. The first-order valence-corrected chi connectivity index (χ1v) is 12.3. The van der Waals surface area contributed by atoms with Crippen LogP contribution >= 0.6 is 27.7 Å². The average molecular weight is 572 g/mol. The summed E-state index contributed by atoms with van der Waals surface area (Å²) in [6, 6.07) is 3.77. The molecule has 190 valence electrons. The zero-order valence-electron chi connectivity index (χ0n) is 19.1. The van der Waals surface area contributed by atoms with Gasteiger partial charge < -0.3 is 30.4 Å². The molecule has 2 aromatic rings. The summed E-state index contributed by atoms with van der Waals surface area (Å²) in [6.45, 7) is 6.34. The van der Waals surface area contributed by atoms with Crippen LogP contribution < -0.4 is 42.0 Å². The molecule has 1 aliphatic heterocycles. The van der Waals surface area contributed by atoms with Gasteiger partial charge in [-0.05, 0) is 52.0 Å². The first-order chi connectivity index (χ1) is 17.0. The molecule has 2 heterocycles. The van der Waals surface area contributed by atoms with E-state index in [2.05, 4.69) is 43.2 Å². The molecule has 0 aliphatic carbocycles. The molecule has 35 heavy (non-hydrogen) atoms. The number of carbonyl (C=O) groups excluding carboxylic acids is 1. The SMILES string of the molecule is C=c1/c(=C(\N=C/N)NC)nc(Sc2cc3c(cc2Br)OCO3)n1CCNCCCCC(=O)NOF. The number of amides is 1. The van der Waals surface area contributed by atoms with E-state index < -0.39 is 5.91 Å². The molecule has 3 rings (SSSR count). The first-order valence-electron chi connectivity index (χ1n) is 10.7. The Morgan fingerprint density at radius 2 is 2.17 bits per heavy atom. The smallest absolute Gasteiger partial charge is 0.246 e. The van der Waals surface area contributed by atoms with Gasteiger partial charge in [-0.1, -0.05) is 23.4 Å². The summed E-state index contributed by atoms with van der Waals surface area (Å²) in [7, 11) is 1.74. The third-order valence-corrected chi connectivity index (χ3v) is 6.97. The zero-order valence-corrected chi connectivity index (χ0v) is 21.5. The van der Waals surface area contributed by atoms with Crippen LogP contribution in [0.25, 0.3) is 12.4 Å². The molecule has 0 bridgehead atoms. The number of nitrogens with two attached hydrogens (primary N) is 1. The van der Waals surface area contributed by atoms with Gasteiger partial charge in [0.15, 0.2) is 22.5 Å². The van der Waals surface area contributed by atoms with Crippen molar-refractivity contribution in [1.29, 1.82) is 0 Å². The Morgan fingerprint density at radius 1 is 1.40 bits per heavy atom. The summed E-state index contributed by atoms with van der Waals surface area (Å²) in [6.07, 6.45) is 2.75. The maximum atomic E-state index is 11.6. The molecule has 0 saturated heterocycles. The van der Waals surface area contributed by atoms with E-state index in [1.165, 1.54) is 18.1 Å². The molecule has 0 spiro atoms. The van der Waals surface area contributed by atoms with Crippen molar-refractivity contribution in [2.75, 3.05) is 26.9 Å². The molecular weight excluding hydrogens is 545 g/mol. The maximum Gasteiger partial charge on any atom is 0.246 e. The van der Waals surface area contributed by atoms with Gasteiger partial charge in [0.25, 0.3) is 0 Å². The molecule has 1 aromatic heterocycles. The van der Waals surface area contributed by atoms with E-state index in [1.54, 1.807) is 12.5 Å². The van der Waals surface area contributed by atoms with E-state index in [0.29, 0.717) is 59.2 Å². The van der Waals surface area contributed by atoms with Crippen LogP contribution in [0, 0.1) is 0 Å². The predicted octanol–water partition coefficient (Wildman–Crippen LogP) is 0.900. The fraction of sp³-hybridized carbons (Fsp3) is 0.381. The van der Waals surface area contributed by atoms with Crippen molar-refractivity contribution in [2.24, 2.45) is 10.7 Å². The highest BCUT2D eigenvalue weighted by molar-refractivity contribution is 9.10. The first kappa shape index (κ1) is 26.8. The van der Waals surface area contributed by atoms with Crippen molar-refractivity contribution in [3.8, 4) is 11.5 Å². The number of ether oxygens (including phenoxy) is 2. The summed E-state index contributed by atoms with van der Waals surface area (Å²) in [5.74, 6) is 1.37. The number of aromatic nitrogens is 2. The average Bonchev–Trinajstić information content (AvgIpc) is 3.41. The number of hydrogen-bond acceptors (Lipinski definition) is 9. The van der Waals surface area contributed by atoms with E-state index in [1.807, 2.05) is 16.7 Å². The third-order valence-electron chi connectivity index (χ3n) is 5.00. The molecule has 14 heteroatoms. The largest absolute Gasteiger partial charge is 0.454 e. The number of nitrogens with one attached hydrogen (secondary N) is 3. The number of benzene rings is 1.